The highest BCUT2D eigenvalue weighted by atomic mass is 32.1. The minimum atomic E-state index is 0.850. The van der Waals surface area contributed by atoms with E-state index in [1.807, 2.05) is 13.1 Å². The molecule has 2 heterocycles. The third kappa shape index (κ3) is 2.39. The number of nitrogens with one attached hydrogen (secondary N) is 2. The minimum Gasteiger partial charge on any atom is -0.351 e. The lowest BCUT2D eigenvalue weighted by atomic mass is 10.2. The van der Waals surface area contributed by atoms with Gasteiger partial charge in [0.1, 0.15) is 0 Å². The molecule has 80 valence electrons. The van der Waals surface area contributed by atoms with E-state index in [4.69, 9.17) is 0 Å². The van der Waals surface area contributed by atoms with Crippen molar-refractivity contribution in [1.29, 1.82) is 0 Å². The largest absolute Gasteiger partial charge is 0.351 e. The highest BCUT2D eigenvalue weighted by Gasteiger charge is 2.02. The van der Waals surface area contributed by atoms with Gasteiger partial charge in [0.2, 0.25) is 5.95 Å². The number of thiophene rings is 1. The first kappa shape index (κ1) is 10.2. The van der Waals surface area contributed by atoms with E-state index in [1.165, 1.54) is 10.4 Å². The van der Waals surface area contributed by atoms with Crippen LogP contribution in [0.3, 0.4) is 0 Å². The summed E-state index contributed by atoms with van der Waals surface area (Å²) in [6, 6.07) is 2.19. The van der Waals surface area contributed by atoms with E-state index >= 15 is 0 Å². The van der Waals surface area contributed by atoms with Gasteiger partial charge < -0.3 is 10.3 Å². The van der Waals surface area contributed by atoms with Gasteiger partial charge in [-0.1, -0.05) is 6.92 Å². The number of anilines is 1. The van der Waals surface area contributed by atoms with Crippen LogP contribution < -0.4 is 5.32 Å². The molecule has 2 rings (SSSR count). The normalized spacial score (nSPS) is 10.5. The van der Waals surface area contributed by atoms with Gasteiger partial charge in [0.05, 0.1) is 6.54 Å². The van der Waals surface area contributed by atoms with Crippen LogP contribution in [0.4, 0.5) is 5.95 Å². The molecule has 2 aromatic rings. The molecule has 15 heavy (non-hydrogen) atoms. The van der Waals surface area contributed by atoms with Crippen molar-refractivity contribution < 1.29 is 0 Å². The average molecular weight is 221 g/mol. The van der Waals surface area contributed by atoms with Gasteiger partial charge in [-0.3, -0.25) is 0 Å². The van der Waals surface area contributed by atoms with Crippen LogP contribution in [0, 0.1) is 6.92 Å². The van der Waals surface area contributed by atoms with Gasteiger partial charge in [0.15, 0.2) is 0 Å². The van der Waals surface area contributed by atoms with Crippen molar-refractivity contribution in [2.75, 3.05) is 5.32 Å². The third-order valence-corrected chi connectivity index (χ3v) is 3.30. The molecule has 0 aliphatic rings. The van der Waals surface area contributed by atoms with Crippen molar-refractivity contribution in [1.82, 2.24) is 9.97 Å². The Bertz CT molecular complexity index is 430. The van der Waals surface area contributed by atoms with E-state index in [2.05, 4.69) is 33.7 Å². The number of hydrogen-bond acceptors (Lipinski definition) is 3. The molecule has 0 unspecified atom stereocenters. The number of aryl methyl sites for hydroxylation is 2. The molecule has 0 saturated heterocycles. The molecule has 0 radical (unpaired) electrons. The lowest BCUT2D eigenvalue weighted by Gasteiger charge is -2.02. The number of rotatable bonds is 4. The molecule has 4 heteroatoms. The van der Waals surface area contributed by atoms with Crippen LogP contribution in [0.2, 0.25) is 0 Å². The third-order valence-electron chi connectivity index (χ3n) is 2.34. The standard InChI is InChI=1S/C11H15N3S/c1-3-9-4-5-15-10(9)7-13-11-12-6-8(2)14-11/h4-6H,3,7H2,1-2H3,(H2,12,13,14). The Balaban J connectivity index is 1.98. The van der Waals surface area contributed by atoms with Gasteiger partial charge >= 0.3 is 0 Å². The minimum absolute atomic E-state index is 0.850. The van der Waals surface area contributed by atoms with E-state index in [0.29, 0.717) is 0 Å². The number of H-pyrrole nitrogens is 1. The fourth-order valence-corrected chi connectivity index (χ4v) is 2.42. The monoisotopic (exact) mass is 221 g/mol. The quantitative estimate of drug-likeness (QED) is 0.833. The predicted octanol–water partition coefficient (Wildman–Crippen LogP) is 2.95. The van der Waals surface area contributed by atoms with Crippen molar-refractivity contribution in [2.45, 2.75) is 26.8 Å². The van der Waals surface area contributed by atoms with E-state index in [9.17, 15) is 0 Å². The Hall–Kier alpha value is -1.29. The molecule has 0 aliphatic heterocycles. The molecule has 2 N–H and O–H groups in total. The fourth-order valence-electron chi connectivity index (χ4n) is 1.50. The van der Waals surface area contributed by atoms with E-state index < -0.39 is 0 Å². The second kappa shape index (κ2) is 4.49. The van der Waals surface area contributed by atoms with Crippen LogP contribution in [-0.2, 0) is 13.0 Å². The van der Waals surface area contributed by atoms with Gasteiger partial charge in [-0.05, 0) is 30.4 Å². The second-order valence-electron chi connectivity index (χ2n) is 3.49. The highest BCUT2D eigenvalue weighted by molar-refractivity contribution is 7.10. The van der Waals surface area contributed by atoms with E-state index in [1.54, 1.807) is 11.3 Å². The molecule has 0 saturated carbocycles. The number of imidazole rings is 1. The van der Waals surface area contributed by atoms with Gasteiger partial charge in [-0.25, -0.2) is 4.98 Å². The van der Waals surface area contributed by atoms with E-state index in [-0.39, 0.29) is 0 Å². The summed E-state index contributed by atoms with van der Waals surface area (Å²) in [6.07, 6.45) is 2.93. The van der Waals surface area contributed by atoms with Crippen molar-refractivity contribution in [3.8, 4) is 0 Å². The first-order valence-corrected chi connectivity index (χ1v) is 5.98. The first-order valence-electron chi connectivity index (χ1n) is 5.10. The fraction of sp³-hybridized carbons (Fsp3) is 0.364. The maximum Gasteiger partial charge on any atom is 0.200 e. The van der Waals surface area contributed by atoms with Gasteiger partial charge in [0.25, 0.3) is 0 Å². The summed E-state index contributed by atoms with van der Waals surface area (Å²) in [6.45, 7) is 5.04. The van der Waals surface area contributed by atoms with Crippen LogP contribution in [0.15, 0.2) is 17.6 Å². The summed E-state index contributed by atoms with van der Waals surface area (Å²) in [5.74, 6) is 0.850. The maximum absolute atomic E-state index is 4.21. The zero-order valence-electron chi connectivity index (χ0n) is 9.00. The SMILES string of the molecule is CCc1ccsc1CNc1ncc(C)[nH]1. The smallest absolute Gasteiger partial charge is 0.200 e. The molecular formula is C11H15N3S. The molecule has 0 aliphatic carbocycles. The Kier molecular flexibility index (Phi) is 3.06. The molecule has 0 amide bonds. The first-order chi connectivity index (χ1) is 7.29. The summed E-state index contributed by atoms with van der Waals surface area (Å²) in [7, 11) is 0. The van der Waals surface area contributed by atoms with Crippen LogP contribution in [0.5, 0.6) is 0 Å². The summed E-state index contributed by atoms with van der Waals surface area (Å²) in [5.41, 5.74) is 2.51. The molecule has 0 spiro atoms. The van der Waals surface area contributed by atoms with Crippen molar-refractivity contribution >= 4 is 17.3 Å². The highest BCUT2D eigenvalue weighted by Crippen LogP contribution is 2.18. The summed E-state index contributed by atoms with van der Waals surface area (Å²) in [4.78, 5) is 8.76. The van der Waals surface area contributed by atoms with Crippen LogP contribution in [0.25, 0.3) is 0 Å². The van der Waals surface area contributed by atoms with Crippen LogP contribution in [0.1, 0.15) is 23.1 Å². The van der Waals surface area contributed by atoms with Gasteiger partial charge in [0, 0.05) is 16.8 Å². The van der Waals surface area contributed by atoms with Gasteiger partial charge in [-0.2, -0.15) is 0 Å². The Morgan fingerprint density at radius 2 is 2.40 bits per heavy atom. The van der Waals surface area contributed by atoms with Crippen LogP contribution in [-0.4, -0.2) is 9.97 Å². The van der Waals surface area contributed by atoms with Crippen molar-refractivity contribution in [3.05, 3.63) is 33.8 Å². The zero-order valence-corrected chi connectivity index (χ0v) is 9.82. The number of hydrogen-bond donors (Lipinski definition) is 2. The average Bonchev–Trinajstić information content (AvgIpc) is 2.83. The predicted molar refractivity (Wildman–Crippen MR) is 64.3 cm³/mol. The van der Waals surface area contributed by atoms with Gasteiger partial charge in [-0.15, -0.1) is 11.3 Å². The molecule has 0 bridgehead atoms. The molecule has 2 aromatic heterocycles. The molecular weight excluding hydrogens is 206 g/mol. The second-order valence-corrected chi connectivity index (χ2v) is 4.49. The van der Waals surface area contributed by atoms with Crippen LogP contribution >= 0.6 is 11.3 Å². The topological polar surface area (TPSA) is 40.7 Å². The number of aromatic nitrogens is 2. The summed E-state index contributed by atoms with van der Waals surface area (Å²) in [5, 5.41) is 5.43. The van der Waals surface area contributed by atoms with E-state index in [0.717, 1.165) is 24.6 Å². The zero-order chi connectivity index (χ0) is 10.7. The maximum atomic E-state index is 4.21. The summed E-state index contributed by atoms with van der Waals surface area (Å²) < 4.78 is 0. The Morgan fingerprint density at radius 3 is 3.07 bits per heavy atom. The van der Waals surface area contributed by atoms with Crippen molar-refractivity contribution in [2.24, 2.45) is 0 Å². The lowest BCUT2D eigenvalue weighted by Crippen LogP contribution is -2.01. The molecule has 0 atom stereocenters. The Morgan fingerprint density at radius 1 is 1.53 bits per heavy atom. The summed E-state index contributed by atoms with van der Waals surface area (Å²) >= 11 is 1.80. The Labute approximate surface area is 93.6 Å². The molecule has 0 aromatic carbocycles. The number of aromatic amines is 1. The lowest BCUT2D eigenvalue weighted by molar-refractivity contribution is 1.05. The molecule has 0 fully saturated rings. The number of nitrogens with zero attached hydrogens (tertiary/aromatic N) is 1. The van der Waals surface area contributed by atoms with Crippen molar-refractivity contribution in [3.63, 3.8) is 0 Å². The molecule has 3 nitrogen and oxygen atoms in total.